The number of nitrogens with zero attached hydrogens (tertiary/aromatic N) is 1. The van der Waals surface area contributed by atoms with E-state index in [0.717, 1.165) is 12.0 Å². The van der Waals surface area contributed by atoms with Crippen LogP contribution in [-0.2, 0) is 6.42 Å². The maximum atomic E-state index is 11.5. The van der Waals surface area contributed by atoms with Crippen molar-refractivity contribution in [3.05, 3.63) is 51.8 Å². The number of H-pyrrole nitrogens is 1. The Morgan fingerprint density at radius 2 is 2.05 bits per heavy atom. The predicted molar refractivity (Wildman–Crippen MR) is 71.3 cm³/mol. The second-order valence-electron chi connectivity index (χ2n) is 4.02. The van der Waals surface area contributed by atoms with Crippen LogP contribution < -0.4 is 16.8 Å². The number of rotatable bonds is 3. The number of aryl methyl sites for hydroxylation is 1. The highest BCUT2D eigenvalue weighted by atomic mass is 16.2. The number of nitrogens with two attached hydrogens (primary N) is 1. The van der Waals surface area contributed by atoms with Crippen molar-refractivity contribution in [2.24, 2.45) is 5.84 Å². The summed E-state index contributed by atoms with van der Waals surface area (Å²) >= 11 is 0. The van der Waals surface area contributed by atoms with Gasteiger partial charge in [0, 0.05) is 5.56 Å². The van der Waals surface area contributed by atoms with E-state index in [1.807, 2.05) is 29.7 Å². The van der Waals surface area contributed by atoms with Crippen LogP contribution in [0.25, 0.3) is 11.3 Å². The van der Waals surface area contributed by atoms with Crippen molar-refractivity contribution in [3.8, 4) is 11.3 Å². The number of hydrogen-bond donors (Lipinski definition) is 3. The van der Waals surface area contributed by atoms with Gasteiger partial charge in [-0.3, -0.25) is 15.0 Å². The van der Waals surface area contributed by atoms with Gasteiger partial charge in [-0.05, 0) is 18.1 Å². The maximum Gasteiger partial charge on any atom is 0.277 e. The summed E-state index contributed by atoms with van der Waals surface area (Å²) in [4.78, 5) is 22.9. The molecule has 6 nitrogen and oxygen atoms in total. The van der Waals surface area contributed by atoms with Crippen LogP contribution in [0.3, 0.4) is 0 Å². The van der Waals surface area contributed by atoms with Crippen LogP contribution in [-0.4, -0.2) is 16.1 Å². The van der Waals surface area contributed by atoms with Gasteiger partial charge >= 0.3 is 0 Å². The third kappa shape index (κ3) is 2.69. The molecule has 0 atom stereocenters. The Bertz CT molecular complexity index is 646. The number of nitrogens with one attached hydrogen (secondary N) is 2. The second-order valence-corrected chi connectivity index (χ2v) is 4.02. The molecular weight excluding hydrogens is 244 g/mol. The zero-order chi connectivity index (χ0) is 13.8. The summed E-state index contributed by atoms with van der Waals surface area (Å²) in [5, 5.41) is 6.21. The zero-order valence-electron chi connectivity index (χ0n) is 10.4. The van der Waals surface area contributed by atoms with Gasteiger partial charge in [-0.1, -0.05) is 31.2 Å². The summed E-state index contributed by atoms with van der Waals surface area (Å²) in [6, 6.07) is 9.16. The largest absolute Gasteiger partial charge is 0.290 e. The van der Waals surface area contributed by atoms with E-state index in [2.05, 4.69) is 17.1 Å². The highest BCUT2D eigenvalue weighted by Crippen LogP contribution is 2.17. The molecular formula is C13H14N4O2. The summed E-state index contributed by atoms with van der Waals surface area (Å²) in [6.45, 7) is 2.07. The second kappa shape index (κ2) is 5.45. The third-order valence-electron chi connectivity index (χ3n) is 2.84. The zero-order valence-corrected chi connectivity index (χ0v) is 10.4. The number of aromatic amines is 1. The van der Waals surface area contributed by atoms with E-state index in [0.29, 0.717) is 5.69 Å². The molecule has 1 aromatic carbocycles. The van der Waals surface area contributed by atoms with E-state index >= 15 is 0 Å². The van der Waals surface area contributed by atoms with Crippen LogP contribution in [0.1, 0.15) is 22.8 Å². The van der Waals surface area contributed by atoms with Crippen LogP contribution in [0.2, 0.25) is 0 Å². The van der Waals surface area contributed by atoms with E-state index in [1.165, 1.54) is 11.6 Å². The first kappa shape index (κ1) is 13.0. The number of hydrogen-bond acceptors (Lipinski definition) is 4. The van der Waals surface area contributed by atoms with Gasteiger partial charge in [0.25, 0.3) is 11.5 Å². The minimum absolute atomic E-state index is 0.0629. The van der Waals surface area contributed by atoms with Crippen molar-refractivity contribution >= 4 is 5.91 Å². The summed E-state index contributed by atoms with van der Waals surface area (Å²) in [5.74, 6) is 4.38. The van der Waals surface area contributed by atoms with Gasteiger partial charge in [0.1, 0.15) is 5.56 Å². The molecule has 0 unspecified atom stereocenters. The lowest BCUT2D eigenvalue weighted by Crippen LogP contribution is -2.34. The molecule has 0 saturated carbocycles. The Morgan fingerprint density at radius 1 is 1.37 bits per heavy atom. The fourth-order valence-corrected chi connectivity index (χ4v) is 1.71. The third-order valence-corrected chi connectivity index (χ3v) is 2.84. The van der Waals surface area contributed by atoms with Crippen LogP contribution in [0, 0.1) is 0 Å². The number of nitrogen functional groups attached to an aromatic ring is 1. The van der Waals surface area contributed by atoms with Gasteiger partial charge in [-0.2, -0.15) is 5.10 Å². The monoisotopic (exact) mass is 258 g/mol. The number of carbonyl (C=O) groups is 1. The van der Waals surface area contributed by atoms with Crippen LogP contribution in [0.4, 0.5) is 0 Å². The van der Waals surface area contributed by atoms with E-state index < -0.39 is 11.5 Å². The number of amides is 1. The van der Waals surface area contributed by atoms with E-state index in [1.54, 1.807) is 0 Å². The molecule has 6 heteroatoms. The number of benzene rings is 1. The standard InChI is InChI=1S/C13H14N4O2/c1-2-8-3-5-9(6-4-8)11-7-10(12(18)15-14)13(19)17-16-11/h3-7H,2,14H2,1H3,(H,15,18)(H,17,19). The molecule has 1 aromatic heterocycles. The SMILES string of the molecule is CCc1ccc(-c2cc(C(=O)NN)c(=O)[nH]n2)cc1. The Labute approximate surface area is 109 Å². The minimum Gasteiger partial charge on any atom is -0.290 e. The summed E-state index contributed by atoms with van der Waals surface area (Å²) in [5.41, 5.74) is 3.83. The van der Waals surface area contributed by atoms with E-state index in [-0.39, 0.29) is 5.56 Å². The van der Waals surface area contributed by atoms with Crippen molar-refractivity contribution in [2.45, 2.75) is 13.3 Å². The summed E-state index contributed by atoms with van der Waals surface area (Å²) in [6.07, 6.45) is 0.945. The topological polar surface area (TPSA) is 101 Å². The predicted octanol–water partition coefficient (Wildman–Crippen LogP) is 0.603. The highest BCUT2D eigenvalue weighted by molar-refractivity contribution is 5.94. The summed E-state index contributed by atoms with van der Waals surface area (Å²) < 4.78 is 0. The van der Waals surface area contributed by atoms with Crippen molar-refractivity contribution < 1.29 is 4.79 Å². The average molecular weight is 258 g/mol. The molecule has 0 radical (unpaired) electrons. The van der Waals surface area contributed by atoms with Crippen LogP contribution in [0.5, 0.6) is 0 Å². The van der Waals surface area contributed by atoms with Gasteiger partial charge in [0.15, 0.2) is 0 Å². The number of aromatic nitrogens is 2. The van der Waals surface area contributed by atoms with E-state index in [9.17, 15) is 9.59 Å². The quantitative estimate of drug-likeness (QED) is 0.426. The molecule has 1 heterocycles. The molecule has 0 saturated heterocycles. The number of hydrazine groups is 1. The maximum absolute atomic E-state index is 11.5. The molecule has 19 heavy (non-hydrogen) atoms. The van der Waals surface area contributed by atoms with Crippen molar-refractivity contribution in [3.63, 3.8) is 0 Å². The molecule has 0 spiro atoms. The van der Waals surface area contributed by atoms with Gasteiger partial charge in [0.2, 0.25) is 0 Å². The fraction of sp³-hybridized carbons (Fsp3) is 0.154. The molecule has 0 aliphatic carbocycles. The lowest BCUT2D eigenvalue weighted by atomic mass is 10.1. The number of carbonyl (C=O) groups excluding carboxylic acids is 1. The molecule has 4 N–H and O–H groups in total. The minimum atomic E-state index is -0.643. The Kier molecular flexibility index (Phi) is 3.72. The van der Waals surface area contributed by atoms with Gasteiger partial charge < -0.3 is 0 Å². The van der Waals surface area contributed by atoms with E-state index in [4.69, 9.17) is 5.84 Å². The van der Waals surface area contributed by atoms with Crippen molar-refractivity contribution in [2.75, 3.05) is 0 Å². The van der Waals surface area contributed by atoms with Crippen molar-refractivity contribution in [1.29, 1.82) is 0 Å². The average Bonchev–Trinajstić information content (AvgIpc) is 2.47. The van der Waals surface area contributed by atoms with Crippen molar-refractivity contribution in [1.82, 2.24) is 15.6 Å². The summed E-state index contributed by atoms with van der Waals surface area (Å²) in [7, 11) is 0. The Hall–Kier alpha value is -2.47. The molecule has 98 valence electrons. The first-order valence-electron chi connectivity index (χ1n) is 5.85. The first-order valence-corrected chi connectivity index (χ1v) is 5.85. The molecule has 0 fully saturated rings. The molecule has 0 aliphatic rings. The van der Waals surface area contributed by atoms with Gasteiger partial charge in [-0.25, -0.2) is 10.9 Å². The normalized spacial score (nSPS) is 10.2. The Balaban J connectivity index is 2.45. The van der Waals surface area contributed by atoms with Gasteiger partial charge in [0.05, 0.1) is 5.69 Å². The van der Waals surface area contributed by atoms with Gasteiger partial charge in [-0.15, -0.1) is 0 Å². The lowest BCUT2D eigenvalue weighted by Gasteiger charge is -2.04. The van der Waals surface area contributed by atoms with Crippen LogP contribution >= 0.6 is 0 Å². The van der Waals surface area contributed by atoms with Crippen LogP contribution in [0.15, 0.2) is 35.1 Å². The smallest absolute Gasteiger partial charge is 0.277 e. The lowest BCUT2D eigenvalue weighted by molar-refractivity contribution is 0.0952. The highest BCUT2D eigenvalue weighted by Gasteiger charge is 2.11. The fourth-order valence-electron chi connectivity index (χ4n) is 1.71. The molecule has 2 aromatic rings. The molecule has 2 rings (SSSR count). The molecule has 0 bridgehead atoms. The molecule has 0 aliphatic heterocycles. The molecule has 1 amide bonds. The first-order chi connectivity index (χ1) is 9.15. The Morgan fingerprint density at radius 3 is 2.63 bits per heavy atom.